The third-order valence-corrected chi connectivity index (χ3v) is 9.50. The second-order valence-electron chi connectivity index (χ2n) is 11.8. The Bertz CT molecular complexity index is 1310. The first-order valence-electron chi connectivity index (χ1n) is 15.4. The van der Waals surface area contributed by atoms with Crippen LogP contribution in [-0.4, -0.2) is 30.0 Å². The SMILES string of the molecule is CCC(CC)CCc1ccc(CCc2ncc3c(n2)CC(C2CCCC2)c2ccccc2C(=O)N3C)c(OC)c1. The first-order valence-corrected chi connectivity index (χ1v) is 15.4. The van der Waals surface area contributed by atoms with Crippen molar-refractivity contribution >= 4 is 11.6 Å². The Kier molecular flexibility index (Phi) is 9.18. The highest BCUT2D eigenvalue weighted by Gasteiger charge is 2.34. The van der Waals surface area contributed by atoms with Crippen molar-refractivity contribution in [3.05, 3.63) is 82.4 Å². The van der Waals surface area contributed by atoms with Crippen LogP contribution in [0.25, 0.3) is 0 Å². The second kappa shape index (κ2) is 13.0. The van der Waals surface area contributed by atoms with Gasteiger partial charge in [0.2, 0.25) is 0 Å². The van der Waals surface area contributed by atoms with E-state index in [2.05, 4.69) is 44.2 Å². The van der Waals surface area contributed by atoms with Gasteiger partial charge in [0.1, 0.15) is 11.6 Å². The summed E-state index contributed by atoms with van der Waals surface area (Å²) >= 11 is 0. The van der Waals surface area contributed by atoms with E-state index in [1.807, 2.05) is 25.4 Å². The summed E-state index contributed by atoms with van der Waals surface area (Å²) in [5, 5.41) is 0. The summed E-state index contributed by atoms with van der Waals surface area (Å²) in [5.41, 5.74) is 6.38. The summed E-state index contributed by atoms with van der Waals surface area (Å²) in [6, 6.07) is 14.9. The topological polar surface area (TPSA) is 55.3 Å². The number of aromatic nitrogens is 2. The highest BCUT2D eigenvalue weighted by atomic mass is 16.5. The van der Waals surface area contributed by atoms with E-state index in [9.17, 15) is 4.79 Å². The van der Waals surface area contributed by atoms with Crippen LogP contribution in [0, 0.1) is 11.8 Å². The second-order valence-corrected chi connectivity index (χ2v) is 11.8. The third-order valence-electron chi connectivity index (χ3n) is 9.50. The number of carbonyl (C=O) groups excluding carboxylic acids is 1. The van der Waals surface area contributed by atoms with Crippen LogP contribution in [-0.2, 0) is 25.7 Å². The number of rotatable bonds is 10. The molecule has 0 spiro atoms. The molecule has 1 unspecified atom stereocenters. The molecule has 2 aliphatic rings. The average Bonchev–Trinajstić information content (AvgIpc) is 3.53. The Balaban J connectivity index is 1.36. The molecule has 0 bridgehead atoms. The third kappa shape index (κ3) is 6.09. The molecule has 5 rings (SSSR count). The van der Waals surface area contributed by atoms with Crippen molar-refractivity contribution < 1.29 is 9.53 Å². The molecule has 0 radical (unpaired) electrons. The number of benzene rings is 2. The van der Waals surface area contributed by atoms with Crippen molar-refractivity contribution in [3.8, 4) is 5.75 Å². The number of anilines is 1. The van der Waals surface area contributed by atoms with Crippen LogP contribution in [0.3, 0.4) is 0 Å². The lowest BCUT2D eigenvalue weighted by Crippen LogP contribution is -2.32. The normalized spacial score (nSPS) is 17.5. The van der Waals surface area contributed by atoms with Gasteiger partial charge in [-0.05, 0) is 85.1 Å². The Hall–Kier alpha value is -3.21. The fourth-order valence-electron chi connectivity index (χ4n) is 6.87. The minimum Gasteiger partial charge on any atom is -0.496 e. The maximum atomic E-state index is 13.6. The lowest BCUT2D eigenvalue weighted by atomic mass is 9.78. The summed E-state index contributed by atoms with van der Waals surface area (Å²) in [6.07, 6.45) is 14.1. The van der Waals surface area contributed by atoms with Crippen LogP contribution in [0.5, 0.6) is 5.75 Å². The van der Waals surface area contributed by atoms with Crippen LogP contribution in [0.2, 0.25) is 0 Å². The highest BCUT2D eigenvalue weighted by Crippen LogP contribution is 2.43. The number of ether oxygens (including phenoxy) is 1. The van der Waals surface area contributed by atoms with Crippen molar-refractivity contribution in [2.45, 2.75) is 90.4 Å². The monoisotopic (exact) mass is 539 g/mol. The first-order chi connectivity index (χ1) is 19.5. The largest absolute Gasteiger partial charge is 0.496 e. The maximum absolute atomic E-state index is 13.6. The van der Waals surface area contributed by atoms with Gasteiger partial charge in [-0.3, -0.25) is 4.79 Å². The number of fused-ring (bicyclic) bond motifs is 2. The van der Waals surface area contributed by atoms with Crippen LogP contribution in [0.15, 0.2) is 48.7 Å². The number of amides is 1. The van der Waals surface area contributed by atoms with E-state index >= 15 is 0 Å². The molecule has 0 saturated heterocycles. The van der Waals surface area contributed by atoms with E-state index in [0.717, 1.165) is 60.1 Å². The number of hydrogen-bond acceptors (Lipinski definition) is 4. The highest BCUT2D eigenvalue weighted by molar-refractivity contribution is 6.07. The molecular formula is C35H45N3O2. The van der Waals surface area contributed by atoms with Crippen LogP contribution in [0.4, 0.5) is 5.69 Å². The number of aryl methyl sites for hydroxylation is 3. The fourth-order valence-corrected chi connectivity index (χ4v) is 6.87. The zero-order valence-electron chi connectivity index (χ0n) is 24.8. The molecule has 1 saturated carbocycles. The fraction of sp³-hybridized carbons (Fsp3) is 0.514. The van der Waals surface area contributed by atoms with Crippen LogP contribution >= 0.6 is 0 Å². The van der Waals surface area contributed by atoms with E-state index in [-0.39, 0.29) is 5.91 Å². The Morgan fingerprint density at radius 3 is 2.55 bits per heavy atom. The molecule has 2 heterocycles. The Labute approximate surface area is 240 Å². The number of nitrogens with zero attached hydrogens (tertiary/aromatic N) is 3. The molecule has 1 aromatic heterocycles. The molecule has 0 N–H and O–H groups in total. The molecule has 1 atom stereocenters. The van der Waals surface area contributed by atoms with Gasteiger partial charge in [-0.25, -0.2) is 9.97 Å². The van der Waals surface area contributed by atoms with Gasteiger partial charge in [0.05, 0.1) is 24.7 Å². The number of hydrogen-bond donors (Lipinski definition) is 0. The number of carbonyl (C=O) groups is 1. The van der Waals surface area contributed by atoms with Crippen LogP contribution < -0.4 is 9.64 Å². The van der Waals surface area contributed by atoms with Crippen molar-refractivity contribution in [1.29, 1.82) is 0 Å². The molecule has 5 heteroatoms. The summed E-state index contributed by atoms with van der Waals surface area (Å²) in [5.74, 6) is 3.51. The molecule has 40 heavy (non-hydrogen) atoms. The van der Waals surface area contributed by atoms with Crippen molar-refractivity contribution in [2.24, 2.45) is 11.8 Å². The first kappa shape index (κ1) is 28.3. The average molecular weight is 540 g/mol. The Morgan fingerprint density at radius 2 is 1.80 bits per heavy atom. The van der Waals surface area contributed by atoms with Gasteiger partial charge in [0.15, 0.2) is 0 Å². The quantitative estimate of drug-likeness (QED) is 0.264. The molecule has 5 nitrogen and oxygen atoms in total. The number of methoxy groups -OCH3 is 1. The minimum absolute atomic E-state index is 0.0323. The summed E-state index contributed by atoms with van der Waals surface area (Å²) < 4.78 is 5.80. The summed E-state index contributed by atoms with van der Waals surface area (Å²) in [4.78, 5) is 25.2. The predicted octanol–water partition coefficient (Wildman–Crippen LogP) is 7.75. The maximum Gasteiger partial charge on any atom is 0.258 e. The zero-order chi connectivity index (χ0) is 28.1. The van der Waals surface area contributed by atoms with Crippen molar-refractivity contribution in [3.63, 3.8) is 0 Å². The van der Waals surface area contributed by atoms with Gasteiger partial charge in [0.25, 0.3) is 5.91 Å². The van der Waals surface area contributed by atoms with E-state index in [4.69, 9.17) is 14.7 Å². The van der Waals surface area contributed by atoms with E-state index in [1.165, 1.54) is 61.6 Å². The standard InChI is InChI=1S/C35H45N3O2/c1-5-24(6-2)15-16-25-17-18-27(33(21-25)40-4)19-20-34-36-23-32-31(37-34)22-30(26-11-7-8-12-26)28-13-9-10-14-29(28)35(39)38(32)3/h9-10,13-14,17-18,21,23-24,26,30H,5-8,11-12,15-16,19-20,22H2,1-4H3. The minimum atomic E-state index is 0.0323. The molecular weight excluding hydrogens is 494 g/mol. The van der Waals surface area contributed by atoms with Gasteiger partial charge in [-0.2, -0.15) is 0 Å². The lowest BCUT2D eigenvalue weighted by Gasteiger charge is -2.31. The molecule has 1 aliphatic heterocycles. The van der Waals surface area contributed by atoms with Crippen molar-refractivity contribution in [1.82, 2.24) is 9.97 Å². The summed E-state index contributed by atoms with van der Waals surface area (Å²) in [7, 11) is 3.62. The van der Waals surface area contributed by atoms with Crippen LogP contribution in [0.1, 0.15) is 103 Å². The zero-order valence-corrected chi connectivity index (χ0v) is 24.8. The summed E-state index contributed by atoms with van der Waals surface area (Å²) in [6.45, 7) is 4.57. The van der Waals surface area contributed by atoms with Gasteiger partial charge < -0.3 is 9.64 Å². The Morgan fingerprint density at radius 1 is 1.02 bits per heavy atom. The van der Waals surface area contributed by atoms with Crippen molar-refractivity contribution in [2.75, 3.05) is 19.1 Å². The van der Waals surface area contributed by atoms with Gasteiger partial charge >= 0.3 is 0 Å². The van der Waals surface area contributed by atoms with Gasteiger partial charge in [-0.15, -0.1) is 0 Å². The van der Waals surface area contributed by atoms with E-state index in [0.29, 0.717) is 11.8 Å². The predicted molar refractivity (Wildman–Crippen MR) is 162 cm³/mol. The van der Waals surface area contributed by atoms with Gasteiger partial charge in [-0.1, -0.05) is 69.9 Å². The molecule has 2 aromatic carbocycles. The molecule has 1 aliphatic carbocycles. The molecule has 212 valence electrons. The van der Waals surface area contributed by atoms with Gasteiger partial charge in [0, 0.05) is 19.0 Å². The molecule has 1 fully saturated rings. The molecule has 3 aromatic rings. The molecule has 1 amide bonds. The van der Waals surface area contributed by atoms with E-state index < -0.39 is 0 Å². The van der Waals surface area contributed by atoms with E-state index in [1.54, 1.807) is 12.0 Å². The lowest BCUT2D eigenvalue weighted by molar-refractivity contribution is 0.0989. The smallest absolute Gasteiger partial charge is 0.258 e.